The van der Waals surface area contributed by atoms with Gasteiger partial charge in [-0.1, -0.05) is 142 Å². The quantitative estimate of drug-likeness (QED) is 0.142. The van der Waals surface area contributed by atoms with E-state index in [9.17, 15) is 0 Å². The molecule has 0 spiro atoms. The molecule has 0 nitrogen and oxygen atoms in total. The van der Waals surface area contributed by atoms with E-state index in [-0.39, 0.29) is 0 Å². The summed E-state index contributed by atoms with van der Waals surface area (Å²) >= 11 is 4.26. The average molecular weight is 371 g/mol. The van der Waals surface area contributed by atoms with Crippen molar-refractivity contribution >= 4 is 12.6 Å². The van der Waals surface area contributed by atoms with Crippen molar-refractivity contribution in [3.63, 3.8) is 0 Å². The van der Waals surface area contributed by atoms with Gasteiger partial charge in [0.2, 0.25) is 0 Å². The Bertz CT molecular complexity index is 192. The molecule has 1 heteroatoms. The first-order valence-corrected chi connectivity index (χ1v) is 12.7. The third-order valence-corrected chi connectivity index (χ3v) is 5.83. The summed E-state index contributed by atoms with van der Waals surface area (Å²) < 4.78 is 0. The van der Waals surface area contributed by atoms with Gasteiger partial charge in [-0.15, -0.1) is 0 Å². The molecule has 0 aliphatic rings. The highest BCUT2D eigenvalue weighted by molar-refractivity contribution is 7.80. The summed E-state index contributed by atoms with van der Waals surface area (Å²) in [7, 11) is 0. The fourth-order valence-electron chi connectivity index (χ4n) is 3.72. The maximum Gasteiger partial charge on any atom is -0.00979 e. The minimum atomic E-state index is 1.07. The second-order valence-electron chi connectivity index (χ2n) is 8.15. The van der Waals surface area contributed by atoms with Crippen LogP contribution in [0.3, 0.4) is 0 Å². The lowest BCUT2D eigenvalue weighted by Gasteiger charge is -2.04. The van der Waals surface area contributed by atoms with Gasteiger partial charge in [0.05, 0.1) is 0 Å². The van der Waals surface area contributed by atoms with E-state index in [1.807, 2.05) is 0 Å². The molecule has 0 aromatic carbocycles. The van der Waals surface area contributed by atoms with Crippen LogP contribution in [0.25, 0.3) is 0 Å². The Balaban J connectivity index is 2.94. The Morgan fingerprint density at radius 1 is 0.320 bits per heavy atom. The zero-order valence-electron chi connectivity index (χ0n) is 17.7. The molecule has 0 aromatic heterocycles. The van der Waals surface area contributed by atoms with Gasteiger partial charge < -0.3 is 0 Å². The highest BCUT2D eigenvalue weighted by Gasteiger charge is 1.95. The second-order valence-corrected chi connectivity index (χ2v) is 8.60. The van der Waals surface area contributed by atoms with Crippen LogP contribution in [0.1, 0.15) is 148 Å². The van der Waals surface area contributed by atoms with Gasteiger partial charge in [0.25, 0.3) is 0 Å². The molecule has 0 heterocycles. The Labute approximate surface area is 166 Å². The zero-order chi connectivity index (χ0) is 18.3. The molecule has 0 aromatic rings. The largest absolute Gasteiger partial charge is 0.179 e. The first-order chi connectivity index (χ1) is 12.4. The fraction of sp³-hybridized carbons (Fsp3) is 1.00. The Kier molecular flexibility index (Phi) is 24.7. The lowest BCUT2D eigenvalue weighted by atomic mass is 10.0. The molecular weight excluding hydrogens is 320 g/mol. The number of thiol groups is 1. The molecule has 0 atom stereocenters. The van der Waals surface area contributed by atoms with Gasteiger partial charge in [-0.05, 0) is 12.2 Å². The van der Waals surface area contributed by atoms with Crippen molar-refractivity contribution < 1.29 is 0 Å². The molecule has 152 valence electrons. The lowest BCUT2D eigenvalue weighted by molar-refractivity contribution is 0.520. The summed E-state index contributed by atoms with van der Waals surface area (Å²) in [6.45, 7) is 2.30. The van der Waals surface area contributed by atoms with E-state index in [1.165, 1.54) is 141 Å². The van der Waals surface area contributed by atoms with Gasteiger partial charge in [-0.2, -0.15) is 12.6 Å². The third-order valence-electron chi connectivity index (χ3n) is 5.51. The van der Waals surface area contributed by atoms with E-state index in [0.717, 1.165) is 5.75 Å². The molecule has 0 saturated heterocycles. The molecule has 0 fully saturated rings. The zero-order valence-corrected chi connectivity index (χ0v) is 18.6. The molecule has 0 saturated carbocycles. The van der Waals surface area contributed by atoms with Crippen molar-refractivity contribution in [2.24, 2.45) is 0 Å². The normalized spacial score (nSPS) is 11.3. The number of hydrogen-bond acceptors (Lipinski definition) is 1. The van der Waals surface area contributed by atoms with Crippen molar-refractivity contribution in [2.75, 3.05) is 5.75 Å². The summed E-state index contributed by atoms with van der Waals surface area (Å²) in [5, 5.41) is 0. The molecule has 0 rings (SSSR count). The predicted molar refractivity (Wildman–Crippen MR) is 121 cm³/mol. The van der Waals surface area contributed by atoms with Crippen molar-refractivity contribution in [1.29, 1.82) is 0 Å². The molecule has 0 bridgehead atoms. The molecule has 0 unspecified atom stereocenters. The number of rotatable bonds is 22. The van der Waals surface area contributed by atoms with E-state index >= 15 is 0 Å². The Morgan fingerprint density at radius 2 is 0.520 bits per heavy atom. The van der Waals surface area contributed by atoms with Crippen molar-refractivity contribution in [3.8, 4) is 0 Å². The molecule has 25 heavy (non-hydrogen) atoms. The summed E-state index contributed by atoms with van der Waals surface area (Å²) in [5.41, 5.74) is 0. The average Bonchev–Trinajstić information content (AvgIpc) is 2.63. The summed E-state index contributed by atoms with van der Waals surface area (Å²) in [6.07, 6.45) is 32.1. The predicted octanol–water partition coefficient (Wildman–Crippen LogP) is 9.52. The molecule has 0 radical (unpaired) electrons. The highest BCUT2D eigenvalue weighted by Crippen LogP contribution is 2.15. The van der Waals surface area contributed by atoms with Gasteiger partial charge in [-0.3, -0.25) is 0 Å². The van der Waals surface area contributed by atoms with Crippen LogP contribution in [0.15, 0.2) is 0 Å². The monoisotopic (exact) mass is 370 g/mol. The van der Waals surface area contributed by atoms with Crippen LogP contribution in [0.2, 0.25) is 0 Å². The van der Waals surface area contributed by atoms with Crippen LogP contribution < -0.4 is 0 Å². The van der Waals surface area contributed by atoms with Crippen LogP contribution in [0.5, 0.6) is 0 Å². The topological polar surface area (TPSA) is 0 Å². The highest BCUT2D eigenvalue weighted by atomic mass is 32.1. The van der Waals surface area contributed by atoms with Gasteiger partial charge in [0.15, 0.2) is 0 Å². The molecule has 0 amide bonds. The van der Waals surface area contributed by atoms with Crippen LogP contribution in [-0.2, 0) is 0 Å². The standard InChI is InChI=1S/C24H50S/c1-2-3-4-5-6-7-8-9-10-11-12-13-14-15-16-17-18-19-20-21-22-23-24-25/h25H,2-24H2,1H3. The molecule has 0 N–H and O–H groups in total. The van der Waals surface area contributed by atoms with Gasteiger partial charge in [-0.25, -0.2) is 0 Å². The first kappa shape index (κ1) is 25.4. The molecule has 0 aliphatic heterocycles. The Morgan fingerprint density at radius 3 is 0.720 bits per heavy atom. The fourth-order valence-corrected chi connectivity index (χ4v) is 3.94. The van der Waals surface area contributed by atoms with Crippen molar-refractivity contribution in [1.82, 2.24) is 0 Å². The van der Waals surface area contributed by atoms with Gasteiger partial charge >= 0.3 is 0 Å². The lowest BCUT2D eigenvalue weighted by Crippen LogP contribution is -1.84. The maximum atomic E-state index is 4.26. The number of hydrogen-bond donors (Lipinski definition) is 1. The van der Waals surface area contributed by atoms with Crippen LogP contribution in [0.4, 0.5) is 0 Å². The van der Waals surface area contributed by atoms with E-state index in [2.05, 4.69) is 19.6 Å². The van der Waals surface area contributed by atoms with Gasteiger partial charge in [0, 0.05) is 0 Å². The first-order valence-electron chi connectivity index (χ1n) is 12.0. The summed E-state index contributed by atoms with van der Waals surface area (Å²) in [5.74, 6) is 1.07. The van der Waals surface area contributed by atoms with E-state index in [4.69, 9.17) is 0 Å². The maximum absolute atomic E-state index is 4.26. The second kappa shape index (κ2) is 24.4. The smallest absolute Gasteiger partial charge is 0.00979 e. The SMILES string of the molecule is CCCCCCCCCCCCCCCCCCCCCCCCS. The van der Waals surface area contributed by atoms with Crippen LogP contribution >= 0.6 is 12.6 Å². The summed E-state index contributed by atoms with van der Waals surface area (Å²) in [6, 6.07) is 0. The van der Waals surface area contributed by atoms with Crippen LogP contribution in [0, 0.1) is 0 Å². The van der Waals surface area contributed by atoms with E-state index in [1.54, 1.807) is 0 Å². The number of unbranched alkanes of at least 4 members (excludes halogenated alkanes) is 21. The third kappa shape index (κ3) is 24.4. The van der Waals surface area contributed by atoms with Gasteiger partial charge in [0.1, 0.15) is 0 Å². The molecule has 0 aliphatic carbocycles. The van der Waals surface area contributed by atoms with E-state index < -0.39 is 0 Å². The van der Waals surface area contributed by atoms with Crippen molar-refractivity contribution in [3.05, 3.63) is 0 Å². The summed E-state index contributed by atoms with van der Waals surface area (Å²) in [4.78, 5) is 0. The van der Waals surface area contributed by atoms with Crippen molar-refractivity contribution in [2.45, 2.75) is 148 Å². The molecular formula is C24H50S. The van der Waals surface area contributed by atoms with E-state index in [0.29, 0.717) is 0 Å². The van der Waals surface area contributed by atoms with Crippen LogP contribution in [-0.4, -0.2) is 5.75 Å². The Hall–Kier alpha value is 0.350. The minimum Gasteiger partial charge on any atom is -0.179 e. The minimum absolute atomic E-state index is 1.07.